The molecule has 0 amide bonds. The standard InChI is InChI=1S/C15H24N2O2S/c1-3-10-16-12(2)11-13-4-8-15(9-5-13)20(18,19)17-14-6-7-14/h4-5,8-9,12,14,16-17H,3,6-7,10-11H2,1-2H3. The van der Waals surface area contributed by atoms with Crippen LogP contribution < -0.4 is 10.0 Å². The van der Waals surface area contributed by atoms with E-state index in [9.17, 15) is 8.42 Å². The van der Waals surface area contributed by atoms with Crippen molar-refractivity contribution >= 4 is 10.0 Å². The molecule has 5 heteroatoms. The van der Waals surface area contributed by atoms with Crippen LogP contribution in [-0.2, 0) is 16.4 Å². The van der Waals surface area contributed by atoms with Crippen molar-refractivity contribution in [1.29, 1.82) is 0 Å². The quantitative estimate of drug-likeness (QED) is 0.772. The van der Waals surface area contributed by atoms with E-state index >= 15 is 0 Å². The second-order valence-corrected chi connectivity index (χ2v) is 7.31. The normalized spacial score (nSPS) is 17.1. The summed E-state index contributed by atoms with van der Waals surface area (Å²) in [6.45, 7) is 5.31. The fraction of sp³-hybridized carbons (Fsp3) is 0.600. The van der Waals surface area contributed by atoms with Gasteiger partial charge in [0.15, 0.2) is 0 Å². The molecule has 2 N–H and O–H groups in total. The van der Waals surface area contributed by atoms with Crippen molar-refractivity contribution in [1.82, 2.24) is 10.0 Å². The van der Waals surface area contributed by atoms with Crippen LogP contribution in [0, 0.1) is 0 Å². The molecule has 1 atom stereocenters. The number of benzene rings is 1. The number of hydrogen-bond acceptors (Lipinski definition) is 3. The minimum Gasteiger partial charge on any atom is -0.314 e. The van der Waals surface area contributed by atoms with Crippen LogP contribution in [0.5, 0.6) is 0 Å². The molecule has 2 rings (SSSR count). The number of nitrogens with one attached hydrogen (secondary N) is 2. The topological polar surface area (TPSA) is 58.2 Å². The van der Waals surface area contributed by atoms with Gasteiger partial charge in [0.05, 0.1) is 4.90 Å². The van der Waals surface area contributed by atoms with E-state index in [1.165, 1.54) is 0 Å². The van der Waals surface area contributed by atoms with Crippen LogP contribution in [0.2, 0.25) is 0 Å². The maximum absolute atomic E-state index is 12.0. The van der Waals surface area contributed by atoms with Gasteiger partial charge < -0.3 is 5.32 Å². The van der Waals surface area contributed by atoms with Crippen LogP contribution in [0.4, 0.5) is 0 Å². The minimum atomic E-state index is -3.32. The predicted molar refractivity (Wildman–Crippen MR) is 81.2 cm³/mol. The molecule has 1 saturated carbocycles. The lowest BCUT2D eigenvalue weighted by atomic mass is 10.1. The summed E-state index contributed by atoms with van der Waals surface area (Å²) >= 11 is 0. The maximum Gasteiger partial charge on any atom is 0.240 e. The fourth-order valence-corrected chi connectivity index (χ4v) is 3.41. The second-order valence-electron chi connectivity index (χ2n) is 5.60. The highest BCUT2D eigenvalue weighted by Crippen LogP contribution is 2.22. The van der Waals surface area contributed by atoms with E-state index in [-0.39, 0.29) is 6.04 Å². The van der Waals surface area contributed by atoms with Gasteiger partial charge in [0.1, 0.15) is 0 Å². The third-order valence-electron chi connectivity index (χ3n) is 3.42. The van der Waals surface area contributed by atoms with E-state index in [4.69, 9.17) is 0 Å². The molecular formula is C15H24N2O2S. The van der Waals surface area contributed by atoms with Crippen molar-refractivity contribution in [3.05, 3.63) is 29.8 Å². The molecule has 0 radical (unpaired) electrons. The number of hydrogen-bond donors (Lipinski definition) is 2. The van der Waals surface area contributed by atoms with Gasteiger partial charge in [-0.05, 0) is 56.8 Å². The molecule has 0 bridgehead atoms. The SMILES string of the molecule is CCCNC(C)Cc1ccc(S(=O)(=O)NC2CC2)cc1. The summed E-state index contributed by atoms with van der Waals surface area (Å²) in [5, 5.41) is 3.43. The summed E-state index contributed by atoms with van der Waals surface area (Å²) in [4.78, 5) is 0.363. The van der Waals surface area contributed by atoms with Crippen LogP contribution in [0.25, 0.3) is 0 Å². The minimum absolute atomic E-state index is 0.151. The van der Waals surface area contributed by atoms with Crippen LogP contribution in [0.3, 0.4) is 0 Å². The Labute approximate surface area is 122 Å². The molecule has 0 spiro atoms. The van der Waals surface area contributed by atoms with E-state index in [1.807, 2.05) is 12.1 Å². The Hall–Kier alpha value is -0.910. The maximum atomic E-state index is 12.0. The predicted octanol–water partition coefficient (Wildman–Crippen LogP) is 2.06. The highest BCUT2D eigenvalue weighted by molar-refractivity contribution is 7.89. The highest BCUT2D eigenvalue weighted by atomic mass is 32.2. The van der Waals surface area contributed by atoms with Gasteiger partial charge >= 0.3 is 0 Å². The molecule has 0 aromatic heterocycles. The molecule has 20 heavy (non-hydrogen) atoms. The van der Waals surface area contributed by atoms with E-state index in [0.29, 0.717) is 10.9 Å². The molecule has 1 aromatic carbocycles. The molecule has 1 aromatic rings. The lowest BCUT2D eigenvalue weighted by Crippen LogP contribution is -2.28. The molecular weight excluding hydrogens is 272 g/mol. The Morgan fingerprint density at radius 2 is 1.90 bits per heavy atom. The van der Waals surface area contributed by atoms with Crippen molar-refractivity contribution in [3.8, 4) is 0 Å². The van der Waals surface area contributed by atoms with Crippen molar-refractivity contribution < 1.29 is 8.42 Å². The average Bonchev–Trinajstić information content (AvgIpc) is 3.20. The zero-order chi connectivity index (χ0) is 14.6. The molecule has 1 fully saturated rings. The van der Waals surface area contributed by atoms with Gasteiger partial charge in [-0.25, -0.2) is 13.1 Å². The van der Waals surface area contributed by atoms with Gasteiger partial charge in [0, 0.05) is 12.1 Å². The summed E-state index contributed by atoms with van der Waals surface area (Å²) in [5.41, 5.74) is 1.16. The third-order valence-corrected chi connectivity index (χ3v) is 4.95. The zero-order valence-corrected chi connectivity index (χ0v) is 13.0. The summed E-state index contributed by atoms with van der Waals surface area (Å²) in [6, 6.07) is 7.77. The van der Waals surface area contributed by atoms with Crippen molar-refractivity contribution in [2.45, 2.75) is 56.5 Å². The molecule has 1 aliphatic carbocycles. The summed E-state index contributed by atoms with van der Waals surface area (Å²) < 4.78 is 26.8. The summed E-state index contributed by atoms with van der Waals surface area (Å²) in [6.07, 6.45) is 3.95. The summed E-state index contributed by atoms with van der Waals surface area (Å²) in [5.74, 6) is 0. The second kappa shape index (κ2) is 6.70. The van der Waals surface area contributed by atoms with Gasteiger partial charge in [-0.1, -0.05) is 19.1 Å². The van der Waals surface area contributed by atoms with Crippen LogP contribution in [0.1, 0.15) is 38.7 Å². The monoisotopic (exact) mass is 296 g/mol. The van der Waals surface area contributed by atoms with Gasteiger partial charge in [0.2, 0.25) is 10.0 Å². The molecule has 1 aliphatic rings. The Kier molecular flexibility index (Phi) is 5.18. The first-order valence-corrected chi connectivity index (χ1v) is 8.84. The summed E-state index contributed by atoms with van der Waals surface area (Å²) in [7, 11) is -3.32. The smallest absolute Gasteiger partial charge is 0.240 e. The molecule has 112 valence electrons. The zero-order valence-electron chi connectivity index (χ0n) is 12.2. The molecule has 0 heterocycles. The molecule has 4 nitrogen and oxygen atoms in total. The average molecular weight is 296 g/mol. The Morgan fingerprint density at radius 1 is 1.25 bits per heavy atom. The largest absolute Gasteiger partial charge is 0.314 e. The molecule has 1 unspecified atom stereocenters. The third kappa shape index (κ3) is 4.58. The first kappa shape index (κ1) is 15.5. The molecule has 0 saturated heterocycles. The van der Waals surface area contributed by atoms with Gasteiger partial charge in [-0.15, -0.1) is 0 Å². The lowest BCUT2D eigenvalue weighted by molar-refractivity contribution is 0.543. The van der Waals surface area contributed by atoms with E-state index in [1.54, 1.807) is 12.1 Å². The Balaban J connectivity index is 1.95. The molecule has 0 aliphatic heterocycles. The van der Waals surface area contributed by atoms with Crippen LogP contribution in [-0.4, -0.2) is 27.0 Å². The van der Waals surface area contributed by atoms with Gasteiger partial charge in [0.25, 0.3) is 0 Å². The number of rotatable bonds is 8. The van der Waals surface area contributed by atoms with E-state index < -0.39 is 10.0 Å². The van der Waals surface area contributed by atoms with Crippen molar-refractivity contribution in [2.24, 2.45) is 0 Å². The first-order valence-electron chi connectivity index (χ1n) is 7.36. The van der Waals surface area contributed by atoms with Gasteiger partial charge in [-0.2, -0.15) is 0 Å². The van der Waals surface area contributed by atoms with E-state index in [0.717, 1.165) is 37.8 Å². The first-order chi connectivity index (χ1) is 9.51. The van der Waals surface area contributed by atoms with Crippen LogP contribution in [0.15, 0.2) is 29.2 Å². The van der Waals surface area contributed by atoms with Crippen LogP contribution >= 0.6 is 0 Å². The Morgan fingerprint density at radius 3 is 2.45 bits per heavy atom. The van der Waals surface area contributed by atoms with Gasteiger partial charge in [-0.3, -0.25) is 0 Å². The highest BCUT2D eigenvalue weighted by Gasteiger charge is 2.27. The lowest BCUT2D eigenvalue weighted by Gasteiger charge is -2.13. The Bertz CT molecular complexity index is 521. The van der Waals surface area contributed by atoms with Crippen molar-refractivity contribution in [2.75, 3.05) is 6.54 Å². The van der Waals surface area contributed by atoms with E-state index in [2.05, 4.69) is 23.9 Å². The number of sulfonamides is 1. The van der Waals surface area contributed by atoms with Crippen molar-refractivity contribution in [3.63, 3.8) is 0 Å². The fourth-order valence-electron chi connectivity index (χ4n) is 2.11.